The van der Waals surface area contributed by atoms with Crippen molar-refractivity contribution < 1.29 is 8.78 Å². The van der Waals surface area contributed by atoms with E-state index in [0.717, 1.165) is 24.3 Å². The van der Waals surface area contributed by atoms with Gasteiger partial charge in [-0.2, -0.15) is 0 Å². The highest BCUT2D eigenvalue weighted by Crippen LogP contribution is 2.34. The lowest BCUT2D eigenvalue weighted by Gasteiger charge is -2.32. The predicted octanol–water partition coefficient (Wildman–Crippen LogP) is 4.80. The molecule has 0 amide bonds. The molecule has 0 saturated heterocycles. The summed E-state index contributed by atoms with van der Waals surface area (Å²) >= 11 is 4.57. The van der Waals surface area contributed by atoms with Gasteiger partial charge in [0.2, 0.25) is 0 Å². The molecule has 0 bridgehead atoms. The van der Waals surface area contributed by atoms with Crippen LogP contribution in [0.5, 0.6) is 0 Å². The number of amidine groups is 1. The van der Waals surface area contributed by atoms with Gasteiger partial charge in [-0.15, -0.1) is 0 Å². The van der Waals surface area contributed by atoms with Crippen LogP contribution in [0.2, 0.25) is 0 Å². The monoisotopic (exact) mass is 360 g/mol. The maximum atomic E-state index is 13.8. The second-order valence-corrected chi connectivity index (χ2v) is 7.09. The van der Waals surface area contributed by atoms with Gasteiger partial charge in [0.25, 0.3) is 0 Å². The van der Waals surface area contributed by atoms with Crippen molar-refractivity contribution in [1.82, 2.24) is 0 Å². The van der Waals surface area contributed by atoms with Crippen LogP contribution in [0.25, 0.3) is 0 Å². The van der Waals surface area contributed by atoms with Crippen molar-refractivity contribution in [2.75, 3.05) is 11.1 Å². The van der Waals surface area contributed by atoms with E-state index in [-0.39, 0.29) is 10.2 Å². The number of hydrogen-bond acceptors (Lipinski definition) is 3. The number of halogens is 3. The summed E-state index contributed by atoms with van der Waals surface area (Å²) in [4.78, 5) is 4.66. The fourth-order valence-corrected chi connectivity index (χ4v) is 4.20. The molecule has 0 aromatic heterocycles. The number of nitrogens with one attached hydrogen (secondary N) is 1. The zero-order chi connectivity index (χ0) is 14.1. The standard InChI is InChI=1S/C14H15BrF2N2S/c15-9-5-11(17)13(6-10(9)16)19-14-18-12-4-2-1-3-8(12)7-20-14/h5-6,8,12H,1-4,7H2,(H,18,19). The summed E-state index contributed by atoms with van der Waals surface area (Å²) in [5.41, 5.74) is 0.145. The van der Waals surface area contributed by atoms with Gasteiger partial charge in [0, 0.05) is 11.8 Å². The van der Waals surface area contributed by atoms with Crippen molar-refractivity contribution in [3.8, 4) is 0 Å². The van der Waals surface area contributed by atoms with Gasteiger partial charge in [-0.3, -0.25) is 4.99 Å². The normalized spacial score (nSPS) is 25.9. The van der Waals surface area contributed by atoms with Crippen LogP contribution in [-0.4, -0.2) is 17.0 Å². The fraction of sp³-hybridized carbons (Fsp3) is 0.500. The Labute approximate surface area is 129 Å². The number of benzene rings is 1. The lowest BCUT2D eigenvalue weighted by Crippen LogP contribution is -2.31. The van der Waals surface area contributed by atoms with E-state index in [4.69, 9.17) is 0 Å². The number of aliphatic imine (C=N–C) groups is 1. The van der Waals surface area contributed by atoms with Crippen molar-refractivity contribution in [2.45, 2.75) is 31.7 Å². The van der Waals surface area contributed by atoms with E-state index in [9.17, 15) is 8.78 Å². The molecule has 2 unspecified atom stereocenters. The summed E-state index contributed by atoms with van der Waals surface area (Å²) in [5, 5.41) is 3.63. The Morgan fingerprint density at radius 3 is 2.85 bits per heavy atom. The fourth-order valence-electron chi connectivity index (χ4n) is 2.73. The maximum Gasteiger partial charge on any atom is 0.161 e. The van der Waals surface area contributed by atoms with Crippen molar-refractivity contribution in [2.24, 2.45) is 10.9 Å². The maximum absolute atomic E-state index is 13.8. The molecule has 0 radical (unpaired) electrons. The van der Waals surface area contributed by atoms with Gasteiger partial charge in [0.05, 0.1) is 16.2 Å². The predicted molar refractivity (Wildman–Crippen MR) is 83.3 cm³/mol. The smallest absolute Gasteiger partial charge is 0.161 e. The first-order valence-electron chi connectivity index (χ1n) is 6.75. The molecule has 2 nitrogen and oxygen atoms in total. The Bertz CT molecular complexity index is 550. The molecule has 1 aliphatic carbocycles. The molecule has 2 atom stereocenters. The van der Waals surface area contributed by atoms with E-state index < -0.39 is 11.6 Å². The zero-order valence-corrected chi connectivity index (χ0v) is 13.2. The Hall–Kier alpha value is -0.620. The summed E-state index contributed by atoms with van der Waals surface area (Å²) in [6.45, 7) is 0. The van der Waals surface area contributed by atoms with Crippen LogP contribution in [0.15, 0.2) is 21.6 Å². The van der Waals surface area contributed by atoms with Crippen molar-refractivity contribution in [1.29, 1.82) is 0 Å². The van der Waals surface area contributed by atoms with Crippen molar-refractivity contribution in [3.05, 3.63) is 28.2 Å². The molecule has 6 heteroatoms. The minimum Gasteiger partial charge on any atom is -0.332 e. The molecule has 1 saturated carbocycles. The summed E-state index contributed by atoms with van der Waals surface area (Å²) in [6, 6.07) is 2.64. The average Bonchev–Trinajstić information content (AvgIpc) is 2.44. The number of rotatable bonds is 1. The highest BCUT2D eigenvalue weighted by Gasteiger charge is 2.29. The second kappa shape index (κ2) is 6.02. The van der Waals surface area contributed by atoms with E-state index in [1.807, 2.05) is 0 Å². The molecule has 108 valence electrons. The number of nitrogens with zero attached hydrogens (tertiary/aromatic N) is 1. The zero-order valence-electron chi connectivity index (χ0n) is 10.8. The third kappa shape index (κ3) is 3.01. The first-order chi connectivity index (χ1) is 9.63. The van der Waals surface area contributed by atoms with Crippen LogP contribution >= 0.6 is 27.7 Å². The number of fused-ring (bicyclic) bond motifs is 1. The van der Waals surface area contributed by atoms with Gasteiger partial charge in [-0.1, -0.05) is 24.6 Å². The molecule has 1 aromatic carbocycles. The Kier molecular flexibility index (Phi) is 4.31. The Balaban J connectivity index is 1.78. The topological polar surface area (TPSA) is 24.4 Å². The Morgan fingerprint density at radius 1 is 1.20 bits per heavy atom. The molecular weight excluding hydrogens is 346 g/mol. The number of thioether (sulfide) groups is 1. The number of hydrogen-bond donors (Lipinski definition) is 1. The molecule has 2 aliphatic rings. The molecule has 1 heterocycles. The summed E-state index contributed by atoms with van der Waals surface area (Å²) < 4.78 is 27.4. The van der Waals surface area contributed by atoms with E-state index in [2.05, 4.69) is 26.2 Å². The van der Waals surface area contributed by atoms with Crippen LogP contribution in [-0.2, 0) is 0 Å². The minimum absolute atomic E-state index is 0.131. The van der Waals surface area contributed by atoms with Crippen LogP contribution in [0.3, 0.4) is 0 Å². The molecular formula is C14H15BrF2N2S. The third-order valence-corrected chi connectivity index (χ3v) is 5.52. The van der Waals surface area contributed by atoms with E-state index >= 15 is 0 Å². The van der Waals surface area contributed by atoms with E-state index in [1.54, 1.807) is 11.8 Å². The van der Waals surface area contributed by atoms with E-state index in [1.165, 1.54) is 19.3 Å². The first-order valence-corrected chi connectivity index (χ1v) is 8.53. The second-order valence-electron chi connectivity index (χ2n) is 5.23. The largest absolute Gasteiger partial charge is 0.332 e. The SMILES string of the molecule is Fc1cc(NC2=NC3CCCCC3CS2)c(F)cc1Br. The lowest BCUT2D eigenvalue weighted by molar-refractivity contribution is 0.336. The third-order valence-electron chi connectivity index (χ3n) is 3.84. The van der Waals surface area contributed by atoms with Crippen LogP contribution < -0.4 is 5.32 Å². The molecule has 1 aliphatic heterocycles. The van der Waals surface area contributed by atoms with Crippen molar-refractivity contribution in [3.63, 3.8) is 0 Å². The van der Waals surface area contributed by atoms with Gasteiger partial charge >= 0.3 is 0 Å². The molecule has 3 rings (SSSR count). The molecule has 1 N–H and O–H groups in total. The summed E-state index contributed by atoms with van der Waals surface area (Å²) in [5.74, 6) is 0.695. The lowest BCUT2D eigenvalue weighted by atomic mass is 9.86. The number of anilines is 1. The quantitative estimate of drug-likeness (QED) is 0.727. The van der Waals surface area contributed by atoms with Crippen LogP contribution in [0.4, 0.5) is 14.5 Å². The summed E-state index contributed by atoms with van der Waals surface area (Å²) in [7, 11) is 0. The van der Waals surface area contributed by atoms with Crippen LogP contribution in [0, 0.1) is 17.6 Å². The van der Waals surface area contributed by atoms with Gasteiger partial charge in [0.15, 0.2) is 5.17 Å². The van der Waals surface area contributed by atoms with Gasteiger partial charge in [-0.25, -0.2) is 8.78 Å². The first kappa shape index (κ1) is 14.3. The average molecular weight is 361 g/mol. The minimum atomic E-state index is -0.481. The summed E-state index contributed by atoms with van der Waals surface area (Å²) in [6.07, 6.45) is 4.83. The van der Waals surface area contributed by atoms with E-state index in [0.29, 0.717) is 17.1 Å². The van der Waals surface area contributed by atoms with Gasteiger partial charge < -0.3 is 5.32 Å². The van der Waals surface area contributed by atoms with Gasteiger partial charge in [-0.05, 0) is 40.8 Å². The van der Waals surface area contributed by atoms with Crippen LogP contribution in [0.1, 0.15) is 25.7 Å². The molecule has 1 aromatic rings. The Morgan fingerprint density at radius 2 is 2.00 bits per heavy atom. The molecule has 20 heavy (non-hydrogen) atoms. The highest BCUT2D eigenvalue weighted by molar-refractivity contribution is 9.10. The molecule has 1 fully saturated rings. The molecule has 0 spiro atoms. The highest BCUT2D eigenvalue weighted by atomic mass is 79.9. The van der Waals surface area contributed by atoms with Crippen molar-refractivity contribution >= 4 is 38.5 Å². The van der Waals surface area contributed by atoms with Gasteiger partial charge in [0.1, 0.15) is 11.6 Å².